The third-order valence-corrected chi connectivity index (χ3v) is 12.2. The van der Waals surface area contributed by atoms with Gasteiger partial charge in [0.2, 0.25) is 0 Å². The summed E-state index contributed by atoms with van der Waals surface area (Å²) in [6, 6.07) is 5.62. The van der Waals surface area contributed by atoms with Crippen LogP contribution < -0.4 is 0 Å². The summed E-state index contributed by atoms with van der Waals surface area (Å²) in [5.41, 5.74) is 2.05. The average molecular weight is 641 g/mol. The number of aryl methyl sites for hydroxylation is 1. The molecule has 8 rings (SSSR count). The van der Waals surface area contributed by atoms with Crippen molar-refractivity contribution in [2.45, 2.75) is 44.4 Å². The molecule has 41 heavy (non-hydrogen) atoms. The Bertz CT molecular complexity index is 1920. The Morgan fingerprint density at radius 3 is 2.54 bits per heavy atom. The summed E-state index contributed by atoms with van der Waals surface area (Å²) in [6.07, 6.45) is 6.32. The molecule has 0 aliphatic heterocycles. The van der Waals surface area contributed by atoms with Gasteiger partial charge < -0.3 is 0 Å². The van der Waals surface area contributed by atoms with E-state index in [1.54, 1.807) is 6.20 Å². The molecule has 4 aliphatic rings. The van der Waals surface area contributed by atoms with E-state index in [4.69, 9.17) is 10.1 Å². The van der Waals surface area contributed by atoms with Gasteiger partial charge in [-0.05, 0) is 69.3 Å². The fourth-order valence-corrected chi connectivity index (χ4v) is 10.3. The van der Waals surface area contributed by atoms with Crippen molar-refractivity contribution in [3.63, 3.8) is 0 Å². The quantitative estimate of drug-likeness (QED) is 0.306. The van der Waals surface area contributed by atoms with Crippen molar-refractivity contribution in [3.05, 3.63) is 75.7 Å². The fraction of sp³-hybridized carbons (Fsp3) is 0.429. The first kappa shape index (κ1) is 25.5. The minimum Gasteiger partial charge on any atom is -0.229 e. The Morgan fingerprint density at radius 1 is 1.10 bits per heavy atom. The molecule has 0 N–H and O–H groups in total. The van der Waals surface area contributed by atoms with Gasteiger partial charge >= 0.3 is 0 Å². The summed E-state index contributed by atoms with van der Waals surface area (Å²) in [7, 11) is -3.16. The van der Waals surface area contributed by atoms with Gasteiger partial charge in [0.1, 0.15) is 27.8 Å². The first-order valence-electron chi connectivity index (χ1n) is 13.3. The lowest BCUT2D eigenvalue weighted by atomic mass is 9.49. The molecule has 5 atom stereocenters. The van der Waals surface area contributed by atoms with Gasteiger partial charge in [0.05, 0.1) is 38.3 Å². The highest BCUT2D eigenvalue weighted by Gasteiger charge is 3.05. The number of hydrogen-bond donors (Lipinski definition) is 0. The standard InChI is InChI=1S/C28H24BrF2N7O2S/c1-25-10-15-14-9-19(21-17(30)5-4-6-18(21)31)35-36-22(14)27(12-26(25,2)28(15,25)27)23-16(29)11-32-24(34-23)38-13-33-20(37-38)7-8-41(3,39)40/h4-6,9,11,13,15H,7-8,10,12H2,1-3H3/t15-,25?,26?,27+,28?/m0/s1. The monoisotopic (exact) mass is 639 g/mol. The summed E-state index contributed by atoms with van der Waals surface area (Å²) < 4.78 is 54.8. The molecule has 13 heteroatoms. The fourth-order valence-electron chi connectivity index (χ4n) is 9.24. The number of rotatable bonds is 6. The maximum absolute atomic E-state index is 14.7. The van der Waals surface area contributed by atoms with E-state index in [0.717, 1.165) is 34.3 Å². The summed E-state index contributed by atoms with van der Waals surface area (Å²) >= 11 is 3.71. The number of fused-ring (bicyclic) bond motifs is 4. The number of halogens is 3. The molecule has 0 bridgehead atoms. The number of aromatic nitrogens is 7. The summed E-state index contributed by atoms with van der Waals surface area (Å²) in [4.78, 5) is 13.7. The van der Waals surface area contributed by atoms with E-state index >= 15 is 0 Å². The van der Waals surface area contributed by atoms with Gasteiger partial charge in [0, 0.05) is 24.3 Å². The summed E-state index contributed by atoms with van der Waals surface area (Å²) in [5, 5.41) is 13.5. The summed E-state index contributed by atoms with van der Waals surface area (Å²) in [6.45, 7) is 4.65. The van der Waals surface area contributed by atoms with Gasteiger partial charge in [0.25, 0.3) is 5.95 Å². The minimum absolute atomic E-state index is 0.0537. The van der Waals surface area contributed by atoms with Gasteiger partial charge in [0.15, 0.2) is 5.82 Å². The molecular weight excluding hydrogens is 616 g/mol. The predicted octanol–water partition coefficient (Wildman–Crippen LogP) is 4.35. The Labute approximate surface area is 242 Å². The Morgan fingerprint density at radius 2 is 1.85 bits per heavy atom. The topological polar surface area (TPSA) is 116 Å². The zero-order chi connectivity index (χ0) is 28.7. The van der Waals surface area contributed by atoms with Crippen LogP contribution in [0.4, 0.5) is 8.78 Å². The number of hydrogen-bond acceptors (Lipinski definition) is 8. The smallest absolute Gasteiger partial charge is 0.229 e. The molecule has 3 unspecified atom stereocenters. The molecule has 3 fully saturated rings. The van der Waals surface area contributed by atoms with Crippen molar-refractivity contribution in [2.24, 2.45) is 16.2 Å². The van der Waals surface area contributed by atoms with Gasteiger partial charge in [-0.2, -0.15) is 9.78 Å². The number of nitrogens with zero attached hydrogens (tertiary/aromatic N) is 7. The molecule has 0 radical (unpaired) electrons. The van der Waals surface area contributed by atoms with E-state index < -0.39 is 26.9 Å². The van der Waals surface area contributed by atoms with Gasteiger partial charge in [-0.25, -0.2) is 32.2 Å². The van der Waals surface area contributed by atoms with Crippen LogP contribution in [0.1, 0.15) is 55.4 Å². The zero-order valence-corrected chi connectivity index (χ0v) is 24.8. The van der Waals surface area contributed by atoms with Crippen LogP contribution >= 0.6 is 15.9 Å². The highest BCUT2D eigenvalue weighted by atomic mass is 79.9. The van der Waals surface area contributed by atoms with Crippen LogP contribution in [0.5, 0.6) is 0 Å². The van der Waals surface area contributed by atoms with Crippen molar-refractivity contribution < 1.29 is 17.2 Å². The molecule has 4 aliphatic carbocycles. The largest absolute Gasteiger partial charge is 0.252 e. The molecule has 4 aromatic rings. The van der Waals surface area contributed by atoms with Gasteiger partial charge in [-0.3, -0.25) is 0 Å². The minimum atomic E-state index is -3.16. The molecule has 3 saturated carbocycles. The first-order valence-corrected chi connectivity index (χ1v) is 16.2. The normalized spacial score (nSPS) is 32.0. The van der Waals surface area contributed by atoms with Gasteiger partial charge in [-0.15, -0.1) is 10.2 Å². The Kier molecular flexibility index (Phi) is 4.73. The zero-order valence-electron chi connectivity index (χ0n) is 22.4. The maximum Gasteiger partial charge on any atom is 0.252 e. The van der Waals surface area contributed by atoms with E-state index in [0.29, 0.717) is 11.8 Å². The summed E-state index contributed by atoms with van der Waals surface area (Å²) in [5.74, 6) is -0.531. The predicted molar refractivity (Wildman–Crippen MR) is 147 cm³/mol. The number of benzene rings is 1. The molecule has 1 aromatic carbocycles. The van der Waals surface area contributed by atoms with E-state index in [1.807, 2.05) is 6.07 Å². The van der Waals surface area contributed by atoms with Crippen molar-refractivity contribution >= 4 is 25.8 Å². The lowest BCUT2D eigenvalue weighted by molar-refractivity contribution is 0.0303. The van der Waals surface area contributed by atoms with E-state index in [-0.39, 0.29) is 45.6 Å². The van der Waals surface area contributed by atoms with Crippen LogP contribution in [0.3, 0.4) is 0 Å². The van der Waals surface area contributed by atoms with Crippen molar-refractivity contribution in [2.75, 3.05) is 12.0 Å². The molecule has 210 valence electrons. The molecule has 0 saturated heterocycles. The molecule has 0 amide bonds. The lowest BCUT2D eigenvalue weighted by Crippen LogP contribution is -2.53. The van der Waals surface area contributed by atoms with Crippen LogP contribution in [-0.2, 0) is 21.7 Å². The molecule has 1 spiro atoms. The average Bonchev–Trinajstić information content (AvgIpc) is 3.30. The van der Waals surface area contributed by atoms with E-state index in [1.165, 1.54) is 35.5 Å². The van der Waals surface area contributed by atoms with E-state index in [9.17, 15) is 17.2 Å². The van der Waals surface area contributed by atoms with Crippen molar-refractivity contribution in [1.82, 2.24) is 34.9 Å². The third kappa shape index (κ3) is 2.77. The highest BCUT2D eigenvalue weighted by molar-refractivity contribution is 9.10. The van der Waals surface area contributed by atoms with Crippen LogP contribution in [0, 0.1) is 27.9 Å². The second-order valence-corrected chi connectivity index (χ2v) is 15.4. The van der Waals surface area contributed by atoms with E-state index in [2.05, 4.69) is 49.9 Å². The van der Waals surface area contributed by atoms with Gasteiger partial charge in [-0.1, -0.05) is 19.9 Å². The van der Waals surface area contributed by atoms with Crippen molar-refractivity contribution in [3.8, 4) is 17.2 Å². The molecule has 9 nitrogen and oxygen atoms in total. The number of sulfone groups is 1. The Balaban J connectivity index is 1.26. The molecule has 3 aromatic heterocycles. The third-order valence-electron chi connectivity index (χ3n) is 10.7. The second-order valence-electron chi connectivity index (χ2n) is 12.3. The highest BCUT2D eigenvalue weighted by Crippen LogP contribution is 3.08. The Hall–Kier alpha value is -3.19. The molecular formula is C28H24BrF2N7O2S. The lowest BCUT2D eigenvalue weighted by Gasteiger charge is -2.53. The van der Waals surface area contributed by atoms with Crippen molar-refractivity contribution in [1.29, 1.82) is 0 Å². The van der Waals surface area contributed by atoms with Crippen LogP contribution in [0.2, 0.25) is 0 Å². The second kappa shape index (κ2) is 7.60. The SMILES string of the molecule is CC12C[C@H]3c4cc(-c5c(F)cccc5F)nnc4[C@@]4(c5nc(-n6cnc(CCS(C)(=O)=O)n6)ncc5Br)CC1(C)C324. The molecule has 3 heterocycles. The maximum atomic E-state index is 14.7. The van der Waals surface area contributed by atoms with Crippen LogP contribution in [-0.4, -0.2) is 55.4 Å². The van der Waals surface area contributed by atoms with Crippen LogP contribution in [0.25, 0.3) is 17.2 Å². The first-order chi connectivity index (χ1) is 19.4. The van der Waals surface area contributed by atoms with Crippen LogP contribution in [0.15, 0.2) is 41.3 Å².